The van der Waals surface area contributed by atoms with Crippen LogP contribution in [0.5, 0.6) is 5.75 Å². The minimum Gasteiger partial charge on any atom is -0.489 e. The van der Waals surface area contributed by atoms with Crippen LogP contribution in [-0.2, 0) is 11.2 Å². The molecule has 0 aliphatic carbocycles. The maximum absolute atomic E-state index is 12.0. The van der Waals surface area contributed by atoms with E-state index in [1.54, 1.807) is 18.2 Å². The number of carboxylic acid groups (broad SMARTS) is 1. The van der Waals surface area contributed by atoms with E-state index in [2.05, 4.69) is 5.32 Å². The van der Waals surface area contributed by atoms with Crippen LogP contribution in [0.15, 0.2) is 48.5 Å². The second kappa shape index (κ2) is 8.15. The standard InChI is InChI=1S/C19H21NO4/c1-13-6-5-8-16(10-13)24-14(2)12-20-18(21)11-15-7-3-4-9-17(15)19(22)23/h3-10,14H,11-12H2,1-2H3,(H,20,21)(H,22,23). The molecular weight excluding hydrogens is 306 g/mol. The van der Waals surface area contributed by atoms with Crippen molar-refractivity contribution in [3.05, 3.63) is 65.2 Å². The number of carbonyl (C=O) groups excluding carboxylic acids is 1. The molecular formula is C19H21NO4. The molecule has 1 atom stereocenters. The first-order valence-corrected chi connectivity index (χ1v) is 7.77. The van der Waals surface area contributed by atoms with Gasteiger partial charge in [-0.25, -0.2) is 4.79 Å². The number of ether oxygens (including phenoxy) is 1. The number of aryl methyl sites for hydroxylation is 1. The van der Waals surface area contributed by atoms with E-state index in [-0.39, 0.29) is 24.0 Å². The van der Waals surface area contributed by atoms with Crippen LogP contribution in [0.4, 0.5) is 0 Å². The predicted octanol–water partition coefficient (Wildman–Crippen LogP) is 2.82. The van der Waals surface area contributed by atoms with E-state index in [0.717, 1.165) is 11.3 Å². The molecule has 2 N–H and O–H groups in total. The number of rotatable bonds is 7. The summed E-state index contributed by atoms with van der Waals surface area (Å²) in [6, 6.07) is 14.2. The Morgan fingerprint density at radius 2 is 1.92 bits per heavy atom. The highest BCUT2D eigenvalue weighted by Gasteiger charge is 2.13. The molecule has 1 unspecified atom stereocenters. The third-order valence-electron chi connectivity index (χ3n) is 3.51. The van der Waals surface area contributed by atoms with Crippen molar-refractivity contribution in [1.82, 2.24) is 5.32 Å². The van der Waals surface area contributed by atoms with E-state index in [4.69, 9.17) is 9.84 Å². The molecule has 0 saturated carbocycles. The van der Waals surface area contributed by atoms with Crippen molar-refractivity contribution >= 4 is 11.9 Å². The predicted molar refractivity (Wildman–Crippen MR) is 91.4 cm³/mol. The van der Waals surface area contributed by atoms with Crippen LogP contribution in [0.3, 0.4) is 0 Å². The molecule has 0 saturated heterocycles. The Hall–Kier alpha value is -2.82. The van der Waals surface area contributed by atoms with Crippen molar-refractivity contribution in [2.45, 2.75) is 26.4 Å². The fourth-order valence-electron chi connectivity index (χ4n) is 2.34. The van der Waals surface area contributed by atoms with Crippen molar-refractivity contribution in [3.8, 4) is 5.75 Å². The summed E-state index contributed by atoms with van der Waals surface area (Å²) in [7, 11) is 0. The molecule has 0 heterocycles. The molecule has 0 aliphatic rings. The summed E-state index contributed by atoms with van der Waals surface area (Å²) in [4.78, 5) is 23.2. The monoisotopic (exact) mass is 327 g/mol. The molecule has 126 valence electrons. The fourth-order valence-corrected chi connectivity index (χ4v) is 2.34. The van der Waals surface area contributed by atoms with E-state index >= 15 is 0 Å². The zero-order valence-electron chi connectivity index (χ0n) is 13.8. The van der Waals surface area contributed by atoms with Gasteiger partial charge in [-0.05, 0) is 43.2 Å². The van der Waals surface area contributed by atoms with Gasteiger partial charge in [-0.15, -0.1) is 0 Å². The number of amides is 1. The van der Waals surface area contributed by atoms with Crippen molar-refractivity contribution in [3.63, 3.8) is 0 Å². The Bertz CT molecular complexity index is 727. The summed E-state index contributed by atoms with van der Waals surface area (Å²) in [5.41, 5.74) is 1.75. The Kier molecular flexibility index (Phi) is 5.95. The average molecular weight is 327 g/mol. The molecule has 24 heavy (non-hydrogen) atoms. The molecule has 5 nitrogen and oxygen atoms in total. The van der Waals surface area contributed by atoms with E-state index in [1.165, 1.54) is 6.07 Å². The van der Waals surface area contributed by atoms with Gasteiger partial charge in [-0.1, -0.05) is 30.3 Å². The zero-order valence-corrected chi connectivity index (χ0v) is 13.8. The SMILES string of the molecule is Cc1cccc(OC(C)CNC(=O)Cc2ccccc2C(=O)O)c1. The normalized spacial score (nSPS) is 11.6. The van der Waals surface area contributed by atoms with Crippen LogP contribution in [-0.4, -0.2) is 29.6 Å². The molecule has 2 aromatic carbocycles. The molecule has 0 radical (unpaired) electrons. The van der Waals surface area contributed by atoms with Crippen LogP contribution in [0, 0.1) is 6.92 Å². The van der Waals surface area contributed by atoms with Gasteiger partial charge in [-0.3, -0.25) is 4.79 Å². The maximum atomic E-state index is 12.0. The van der Waals surface area contributed by atoms with Gasteiger partial charge in [-0.2, -0.15) is 0 Å². The summed E-state index contributed by atoms with van der Waals surface area (Å²) in [5, 5.41) is 11.9. The molecule has 0 bridgehead atoms. The largest absolute Gasteiger partial charge is 0.489 e. The van der Waals surface area contributed by atoms with Crippen LogP contribution in [0.2, 0.25) is 0 Å². The summed E-state index contributed by atoms with van der Waals surface area (Å²) < 4.78 is 5.75. The van der Waals surface area contributed by atoms with Crippen molar-refractivity contribution in [1.29, 1.82) is 0 Å². The highest BCUT2D eigenvalue weighted by atomic mass is 16.5. The minimum atomic E-state index is -1.03. The Morgan fingerprint density at radius 3 is 2.62 bits per heavy atom. The van der Waals surface area contributed by atoms with E-state index in [1.807, 2.05) is 38.1 Å². The highest BCUT2D eigenvalue weighted by molar-refractivity contribution is 5.91. The first kappa shape index (κ1) is 17.5. The average Bonchev–Trinajstić information content (AvgIpc) is 2.53. The van der Waals surface area contributed by atoms with Gasteiger partial charge in [0.25, 0.3) is 0 Å². The van der Waals surface area contributed by atoms with Crippen molar-refractivity contribution in [2.24, 2.45) is 0 Å². The lowest BCUT2D eigenvalue weighted by molar-refractivity contribution is -0.120. The first-order valence-electron chi connectivity index (χ1n) is 7.77. The third-order valence-corrected chi connectivity index (χ3v) is 3.51. The lowest BCUT2D eigenvalue weighted by Crippen LogP contribution is -2.34. The topological polar surface area (TPSA) is 75.6 Å². The number of hydrogen-bond donors (Lipinski definition) is 2. The Balaban J connectivity index is 1.86. The van der Waals surface area contributed by atoms with Crippen LogP contribution in [0.25, 0.3) is 0 Å². The van der Waals surface area contributed by atoms with Gasteiger partial charge >= 0.3 is 5.97 Å². The molecule has 2 aromatic rings. The smallest absolute Gasteiger partial charge is 0.335 e. The number of nitrogens with one attached hydrogen (secondary N) is 1. The number of aromatic carboxylic acids is 1. The van der Waals surface area contributed by atoms with Gasteiger partial charge in [0.1, 0.15) is 11.9 Å². The molecule has 0 aliphatic heterocycles. The van der Waals surface area contributed by atoms with Gasteiger partial charge < -0.3 is 15.2 Å². The second-order valence-corrected chi connectivity index (χ2v) is 5.69. The molecule has 2 rings (SSSR count). The number of hydrogen-bond acceptors (Lipinski definition) is 3. The van der Waals surface area contributed by atoms with Crippen LogP contribution >= 0.6 is 0 Å². The lowest BCUT2D eigenvalue weighted by Gasteiger charge is -2.16. The van der Waals surface area contributed by atoms with Crippen LogP contribution < -0.4 is 10.1 Å². The molecule has 0 fully saturated rings. The Morgan fingerprint density at radius 1 is 1.17 bits per heavy atom. The van der Waals surface area contributed by atoms with Gasteiger partial charge in [0, 0.05) is 0 Å². The van der Waals surface area contributed by atoms with Gasteiger partial charge in [0.2, 0.25) is 5.91 Å². The summed E-state index contributed by atoms with van der Waals surface area (Å²) in [6.07, 6.45) is -0.162. The molecule has 0 spiro atoms. The van der Waals surface area contributed by atoms with Gasteiger partial charge in [0.05, 0.1) is 18.5 Å². The number of carbonyl (C=O) groups is 2. The minimum absolute atomic E-state index is 0.0274. The molecule has 1 amide bonds. The second-order valence-electron chi connectivity index (χ2n) is 5.69. The van der Waals surface area contributed by atoms with E-state index < -0.39 is 5.97 Å². The molecule has 5 heteroatoms. The maximum Gasteiger partial charge on any atom is 0.335 e. The van der Waals surface area contributed by atoms with Crippen molar-refractivity contribution < 1.29 is 19.4 Å². The summed E-state index contributed by atoms with van der Waals surface area (Å²) in [6.45, 7) is 4.20. The molecule has 0 aromatic heterocycles. The van der Waals surface area contributed by atoms with Crippen LogP contribution in [0.1, 0.15) is 28.4 Å². The summed E-state index contributed by atoms with van der Waals surface area (Å²) >= 11 is 0. The number of benzene rings is 2. The quantitative estimate of drug-likeness (QED) is 0.820. The van der Waals surface area contributed by atoms with Gasteiger partial charge in [0.15, 0.2) is 0 Å². The van der Waals surface area contributed by atoms with E-state index in [9.17, 15) is 9.59 Å². The third kappa shape index (κ3) is 5.12. The lowest BCUT2D eigenvalue weighted by atomic mass is 10.0. The highest BCUT2D eigenvalue weighted by Crippen LogP contribution is 2.14. The first-order chi connectivity index (χ1) is 11.5. The van der Waals surface area contributed by atoms with E-state index in [0.29, 0.717) is 12.1 Å². The number of carboxylic acids is 1. The van der Waals surface area contributed by atoms with Crippen molar-refractivity contribution in [2.75, 3.05) is 6.54 Å². The fraction of sp³-hybridized carbons (Fsp3) is 0.263. The zero-order chi connectivity index (χ0) is 17.5. The summed E-state index contributed by atoms with van der Waals surface area (Å²) in [5.74, 6) is -0.508. The Labute approximate surface area is 141 Å².